The van der Waals surface area contributed by atoms with Crippen LogP contribution in [-0.2, 0) is 47.7 Å². The van der Waals surface area contributed by atoms with Gasteiger partial charge in [0.05, 0.1) is 28.4 Å². The lowest BCUT2D eigenvalue weighted by atomic mass is 10.5. The lowest BCUT2D eigenvalue weighted by Crippen LogP contribution is -1.98. The fraction of sp³-hybridized carbons (Fsp3) is 0.250. The van der Waals surface area contributed by atoms with E-state index in [1.807, 2.05) is 0 Å². The van der Waals surface area contributed by atoms with Crippen molar-refractivity contribution in [2.45, 2.75) is 0 Å². The summed E-state index contributed by atoms with van der Waals surface area (Å²) in [5.74, 6) is -4.83. The number of esters is 4. The van der Waals surface area contributed by atoms with Gasteiger partial charge in [0.25, 0.3) is 0 Å². The van der Waals surface area contributed by atoms with Gasteiger partial charge in [0, 0.05) is 36.5 Å². The molecule has 0 aromatic rings. The van der Waals surface area contributed by atoms with Gasteiger partial charge < -0.3 is 29.2 Å². The Balaban J connectivity index is -0.000000337. The molecule has 0 aliphatic rings. The summed E-state index contributed by atoms with van der Waals surface area (Å²) in [7, 11) is 4.90. The lowest BCUT2D eigenvalue weighted by Gasteiger charge is -1.89. The lowest BCUT2D eigenvalue weighted by molar-refractivity contribution is -0.137. The first-order chi connectivity index (χ1) is 13.0. The van der Waals surface area contributed by atoms with Gasteiger partial charge in [-0.1, -0.05) is 0 Å². The molecule has 0 rings (SSSR count). The summed E-state index contributed by atoms with van der Waals surface area (Å²) in [6.07, 6.45) is 5.08. The molecule has 0 atom stereocenters. The number of aliphatic carboxylic acids is 2. The Morgan fingerprint density at radius 1 is 0.464 bits per heavy atom. The van der Waals surface area contributed by atoms with Gasteiger partial charge in [0.2, 0.25) is 0 Å². The highest BCUT2D eigenvalue weighted by molar-refractivity contribution is 5.92. The molecule has 0 bridgehead atoms. The van der Waals surface area contributed by atoms with Crippen LogP contribution in [0.3, 0.4) is 0 Å². The van der Waals surface area contributed by atoms with Crippen molar-refractivity contribution in [1.29, 1.82) is 0 Å². The zero-order valence-electron chi connectivity index (χ0n) is 15.4. The average Bonchev–Trinajstić information content (AvgIpc) is 2.68. The van der Waals surface area contributed by atoms with E-state index >= 15 is 0 Å². The van der Waals surface area contributed by atoms with Crippen molar-refractivity contribution in [2.75, 3.05) is 28.4 Å². The molecule has 156 valence electrons. The van der Waals surface area contributed by atoms with E-state index < -0.39 is 35.8 Å². The van der Waals surface area contributed by atoms with Gasteiger partial charge in [-0.05, 0) is 0 Å². The second-order valence-corrected chi connectivity index (χ2v) is 3.77. The minimum atomic E-state index is -1.26. The Morgan fingerprint density at radius 3 is 0.750 bits per heavy atom. The maximum Gasteiger partial charge on any atom is 0.330 e. The normalized spacial score (nSPS) is 9.43. The highest BCUT2D eigenvalue weighted by Crippen LogP contribution is 1.81. The summed E-state index contributed by atoms with van der Waals surface area (Å²) in [5.41, 5.74) is 0. The molecule has 0 saturated heterocycles. The molecule has 12 heteroatoms. The van der Waals surface area contributed by atoms with Crippen LogP contribution in [0, 0.1) is 0 Å². The van der Waals surface area contributed by atoms with Crippen LogP contribution >= 0.6 is 0 Å². The van der Waals surface area contributed by atoms with Crippen LogP contribution in [0.2, 0.25) is 0 Å². The van der Waals surface area contributed by atoms with Crippen molar-refractivity contribution in [3.05, 3.63) is 36.5 Å². The molecule has 2 N–H and O–H groups in total. The van der Waals surface area contributed by atoms with Gasteiger partial charge >= 0.3 is 35.8 Å². The number of ether oxygens (including phenoxy) is 4. The molecule has 0 aromatic carbocycles. The quantitative estimate of drug-likeness (QED) is 0.329. The summed E-state index contributed by atoms with van der Waals surface area (Å²) >= 11 is 0. The van der Waals surface area contributed by atoms with Gasteiger partial charge in [0.15, 0.2) is 0 Å². The van der Waals surface area contributed by atoms with Gasteiger partial charge in [-0.15, -0.1) is 0 Å². The maximum atomic E-state index is 10.3. The number of carboxylic acids is 2. The Morgan fingerprint density at radius 2 is 0.643 bits per heavy atom. The topological polar surface area (TPSA) is 180 Å². The SMILES string of the molecule is COC(=O)/C=C/C(=O)OC.COC(=O)/C=C/C(=O)OC.O=C(O)/C=C/C(=O)O. The van der Waals surface area contributed by atoms with E-state index in [0.717, 1.165) is 24.3 Å². The molecule has 0 heterocycles. The highest BCUT2D eigenvalue weighted by Gasteiger charge is 1.95. The molecule has 0 spiro atoms. The van der Waals surface area contributed by atoms with E-state index in [4.69, 9.17) is 10.2 Å². The van der Waals surface area contributed by atoms with Crippen LogP contribution in [0.25, 0.3) is 0 Å². The Bertz CT molecular complexity index is 538. The molecule has 0 aliphatic carbocycles. The maximum absolute atomic E-state index is 10.3. The largest absolute Gasteiger partial charge is 0.478 e. The number of carbonyl (C=O) groups excluding carboxylic acids is 4. The van der Waals surface area contributed by atoms with Crippen LogP contribution in [-0.4, -0.2) is 74.5 Å². The van der Waals surface area contributed by atoms with E-state index in [1.54, 1.807) is 0 Å². The summed E-state index contributed by atoms with van der Waals surface area (Å²) in [6.45, 7) is 0. The third-order valence-corrected chi connectivity index (χ3v) is 1.88. The van der Waals surface area contributed by atoms with E-state index in [1.165, 1.54) is 28.4 Å². The number of hydrogen-bond donors (Lipinski definition) is 2. The Kier molecular flexibility index (Phi) is 19.9. The van der Waals surface area contributed by atoms with Crippen molar-refractivity contribution >= 4 is 35.8 Å². The molecular formula is C16H20O12. The highest BCUT2D eigenvalue weighted by atomic mass is 16.5. The third-order valence-electron chi connectivity index (χ3n) is 1.88. The predicted molar refractivity (Wildman–Crippen MR) is 90.8 cm³/mol. The summed E-state index contributed by atoms with van der Waals surface area (Å²) in [6, 6.07) is 0. The van der Waals surface area contributed by atoms with Gasteiger partial charge in [0.1, 0.15) is 0 Å². The van der Waals surface area contributed by atoms with E-state index in [0.29, 0.717) is 12.2 Å². The van der Waals surface area contributed by atoms with Crippen molar-refractivity contribution in [1.82, 2.24) is 0 Å². The summed E-state index contributed by atoms with van der Waals surface area (Å²) in [4.78, 5) is 60.4. The number of carbonyl (C=O) groups is 6. The molecular weight excluding hydrogens is 384 g/mol. The monoisotopic (exact) mass is 404 g/mol. The van der Waals surface area contributed by atoms with Crippen LogP contribution in [0.5, 0.6) is 0 Å². The van der Waals surface area contributed by atoms with Crippen molar-refractivity contribution in [3.8, 4) is 0 Å². The fourth-order valence-electron chi connectivity index (χ4n) is 0.687. The van der Waals surface area contributed by atoms with Crippen molar-refractivity contribution in [2.24, 2.45) is 0 Å². The number of rotatable bonds is 6. The fourth-order valence-corrected chi connectivity index (χ4v) is 0.687. The van der Waals surface area contributed by atoms with E-state index in [2.05, 4.69) is 18.9 Å². The molecule has 0 aromatic heterocycles. The van der Waals surface area contributed by atoms with Gasteiger partial charge in [-0.25, -0.2) is 28.8 Å². The molecule has 0 unspecified atom stereocenters. The van der Waals surface area contributed by atoms with Gasteiger partial charge in [-0.2, -0.15) is 0 Å². The third kappa shape index (κ3) is 26.9. The summed E-state index contributed by atoms with van der Waals surface area (Å²) in [5, 5.41) is 15.6. The van der Waals surface area contributed by atoms with E-state index in [-0.39, 0.29) is 0 Å². The van der Waals surface area contributed by atoms with Gasteiger partial charge in [-0.3, -0.25) is 0 Å². The first kappa shape index (κ1) is 28.8. The molecule has 0 amide bonds. The average molecular weight is 404 g/mol. The number of hydrogen-bond acceptors (Lipinski definition) is 10. The molecule has 0 fully saturated rings. The van der Waals surface area contributed by atoms with Crippen LogP contribution < -0.4 is 0 Å². The molecule has 12 nitrogen and oxygen atoms in total. The zero-order chi connectivity index (χ0) is 22.5. The van der Waals surface area contributed by atoms with Crippen molar-refractivity contribution in [3.63, 3.8) is 0 Å². The first-order valence-electron chi connectivity index (χ1n) is 6.85. The summed E-state index contributed by atoms with van der Waals surface area (Å²) < 4.78 is 16.8. The molecule has 0 radical (unpaired) electrons. The minimum Gasteiger partial charge on any atom is -0.478 e. The molecule has 0 aliphatic heterocycles. The van der Waals surface area contributed by atoms with Crippen LogP contribution in [0.1, 0.15) is 0 Å². The molecule has 28 heavy (non-hydrogen) atoms. The van der Waals surface area contributed by atoms with E-state index in [9.17, 15) is 28.8 Å². The standard InChI is InChI=1S/2C6H8O4.C4H4O4/c2*1-9-5(7)3-4-6(8)10-2;5-3(6)1-2-4(7)8/h2*3-4H,1-2H3;1-2H,(H,5,6)(H,7,8)/b2*4-3+;2-1+. The first-order valence-corrected chi connectivity index (χ1v) is 6.85. The van der Waals surface area contributed by atoms with Crippen LogP contribution in [0.15, 0.2) is 36.5 Å². The smallest absolute Gasteiger partial charge is 0.330 e. The minimum absolute atomic E-state index is 0.558. The molecule has 0 saturated carbocycles. The Labute approximate surface area is 159 Å². The number of carboxylic acid groups (broad SMARTS) is 2. The number of methoxy groups -OCH3 is 4. The second kappa shape index (κ2) is 19.4. The van der Waals surface area contributed by atoms with Crippen molar-refractivity contribution < 1.29 is 57.9 Å². The second-order valence-electron chi connectivity index (χ2n) is 3.77. The zero-order valence-corrected chi connectivity index (χ0v) is 15.4. The van der Waals surface area contributed by atoms with Crippen LogP contribution in [0.4, 0.5) is 0 Å². The predicted octanol–water partition coefficient (Wildman–Crippen LogP) is -0.511. The Hall–Kier alpha value is -3.96.